The maximum absolute atomic E-state index is 12.5. The van der Waals surface area contributed by atoms with Gasteiger partial charge in [-0.1, -0.05) is 18.2 Å². The van der Waals surface area contributed by atoms with Crippen LogP contribution in [0, 0.1) is 5.92 Å². The van der Waals surface area contributed by atoms with Gasteiger partial charge < -0.3 is 9.88 Å². The van der Waals surface area contributed by atoms with E-state index in [0.717, 1.165) is 12.8 Å². The zero-order valence-corrected chi connectivity index (χ0v) is 12.3. The number of nitrogens with one attached hydrogen (secondary N) is 1. The number of imide groups is 1. The van der Waals surface area contributed by atoms with E-state index >= 15 is 0 Å². The number of urea groups is 1. The number of pyridine rings is 1. The summed E-state index contributed by atoms with van der Waals surface area (Å²) in [6, 6.07) is 3.14. The first-order valence-electron chi connectivity index (χ1n) is 7.57. The maximum Gasteiger partial charge on any atom is 0.327 e. The number of aromatic amines is 1. The summed E-state index contributed by atoms with van der Waals surface area (Å²) < 4.78 is 0. The third kappa shape index (κ3) is 2.95. The van der Waals surface area contributed by atoms with Crippen molar-refractivity contribution in [3.8, 4) is 0 Å². The number of hydrogen-bond acceptors (Lipinski definition) is 3. The molecule has 1 aromatic heterocycles. The molecule has 6 nitrogen and oxygen atoms in total. The summed E-state index contributed by atoms with van der Waals surface area (Å²) in [6.45, 7) is 1.04. The van der Waals surface area contributed by atoms with Crippen LogP contribution in [0.15, 0.2) is 35.3 Å². The molecule has 1 fully saturated rings. The molecule has 0 spiro atoms. The first-order chi connectivity index (χ1) is 10.6. The molecule has 1 N–H and O–H groups in total. The predicted molar refractivity (Wildman–Crippen MR) is 81.1 cm³/mol. The van der Waals surface area contributed by atoms with Crippen LogP contribution in [0.5, 0.6) is 0 Å². The minimum atomic E-state index is -0.292. The Morgan fingerprint density at radius 3 is 2.86 bits per heavy atom. The van der Waals surface area contributed by atoms with E-state index in [1.54, 1.807) is 23.2 Å². The molecule has 3 rings (SSSR count). The lowest BCUT2D eigenvalue weighted by Gasteiger charge is -2.35. The number of aromatic nitrogens is 1. The van der Waals surface area contributed by atoms with Gasteiger partial charge >= 0.3 is 6.03 Å². The Hall–Kier alpha value is -2.37. The molecule has 0 saturated carbocycles. The second-order valence-corrected chi connectivity index (χ2v) is 5.75. The number of rotatable bonds is 4. The molecule has 6 heteroatoms. The fourth-order valence-electron chi connectivity index (χ4n) is 2.93. The number of allylic oxidation sites excluding steroid dienone is 1. The summed E-state index contributed by atoms with van der Waals surface area (Å²) in [4.78, 5) is 41.8. The zero-order valence-electron chi connectivity index (χ0n) is 12.3. The molecule has 1 atom stereocenters. The quantitative estimate of drug-likeness (QED) is 0.856. The Morgan fingerprint density at radius 2 is 2.14 bits per heavy atom. The van der Waals surface area contributed by atoms with E-state index in [1.165, 1.54) is 4.90 Å². The normalized spacial score (nSPS) is 21.7. The summed E-state index contributed by atoms with van der Waals surface area (Å²) in [5.74, 6) is 0.136. The summed E-state index contributed by atoms with van der Waals surface area (Å²) in [6.07, 6.45) is 8.02. The minimum Gasteiger partial charge on any atom is -0.329 e. The van der Waals surface area contributed by atoms with Crippen LogP contribution in [-0.4, -0.2) is 39.8 Å². The SMILES string of the molecule is O=C1CCN(Cc2ccc[nH]c2=O)C(=O)N1CC1C=CCC1. The van der Waals surface area contributed by atoms with E-state index in [2.05, 4.69) is 17.1 Å². The van der Waals surface area contributed by atoms with Gasteiger partial charge in [-0.15, -0.1) is 0 Å². The van der Waals surface area contributed by atoms with Crippen molar-refractivity contribution in [2.45, 2.75) is 25.8 Å². The fourth-order valence-corrected chi connectivity index (χ4v) is 2.93. The molecule has 0 bridgehead atoms. The van der Waals surface area contributed by atoms with Gasteiger partial charge in [0.15, 0.2) is 0 Å². The third-order valence-corrected chi connectivity index (χ3v) is 4.19. The van der Waals surface area contributed by atoms with E-state index in [4.69, 9.17) is 0 Å². The van der Waals surface area contributed by atoms with Gasteiger partial charge in [-0.2, -0.15) is 0 Å². The van der Waals surface area contributed by atoms with Gasteiger partial charge in [0.25, 0.3) is 5.56 Å². The van der Waals surface area contributed by atoms with Gasteiger partial charge in [-0.25, -0.2) is 4.79 Å². The summed E-state index contributed by atoms with van der Waals surface area (Å²) in [7, 11) is 0. The monoisotopic (exact) mass is 301 g/mol. The van der Waals surface area contributed by atoms with Crippen LogP contribution >= 0.6 is 0 Å². The van der Waals surface area contributed by atoms with Crippen LogP contribution in [0.25, 0.3) is 0 Å². The highest BCUT2D eigenvalue weighted by atomic mass is 16.2. The van der Waals surface area contributed by atoms with E-state index in [1.807, 2.05) is 0 Å². The number of hydrogen-bond donors (Lipinski definition) is 1. The smallest absolute Gasteiger partial charge is 0.327 e. The van der Waals surface area contributed by atoms with E-state index in [-0.39, 0.29) is 30.0 Å². The molecule has 22 heavy (non-hydrogen) atoms. The van der Waals surface area contributed by atoms with Crippen LogP contribution < -0.4 is 5.56 Å². The molecular weight excluding hydrogens is 282 g/mol. The zero-order chi connectivity index (χ0) is 15.5. The molecule has 1 unspecified atom stereocenters. The molecule has 1 aliphatic heterocycles. The first kappa shape index (κ1) is 14.6. The Morgan fingerprint density at radius 1 is 1.27 bits per heavy atom. The molecular formula is C16H19N3O3. The first-order valence-corrected chi connectivity index (χ1v) is 7.57. The molecule has 1 saturated heterocycles. The Labute approximate surface area is 128 Å². The molecule has 1 aliphatic carbocycles. The van der Waals surface area contributed by atoms with Gasteiger partial charge in [0, 0.05) is 31.3 Å². The van der Waals surface area contributed by atoms with Crippen LogP contribution in [0.1, 0.15) is 24.8 Å². The average Bonchev–Trinajstić information content (AvgIpc) is 3.01. The van der Waals surface area contributed by atoms with E-state index in [9.17, 15) is 14.4 Å². The molecule has 0 radical (unpaired) electrons. The number of carbonyl (C=O) groups is 2. The van der Waals surface area contributed by atoms with E-state index in [0.29, 0.717) is 25.1 Å². The number of amides is 3. The van der Waals surface area contributed by atoms with Crippen LogP contribution in [0.2, 0.25) is 0 Å². The molecule has 116 valence electrons. The van der Waals surface area contributed by atoms with Crippen molar-refractivity contribution >= 4 is 11.9 Å². The topological polar surface area (TPSA) is 73.5 Å². The third-order valence-electron chi connectivity index (χ3n) is 4.19. The fraction of sp³-hybridized carbons (Fsp3) is 0.438. The lowest BCUT2D eigenvalue weighted by Crippen LogP contribution is -2.53. The van der Waals surface area contributed by atoms with Crippen molar-refractivity contribution in [1.82, 2.24) is 14.8 Å². The second kappa shape index (κ2) is 6.17. The molecule has 1 aromatic rings. The van der Waals surface area contributed by atoms with Crippen LogP contribution in [-0.2, 0) is 11.3 Å². The Bertz CT molecular complexity index is 665. The largest absolute Gasteiger partial charge is 0.329 e. The average molecular weight is 301 g/mol. The Kier molecular flexibility index (Phi) is 4.09. The predicted octanol–water partition coefficient (Wildman–Crippen LogP) is 1.50. The minimum absolute atomic E-state index is 0.122. The highest BCUT2D eigenvalue weighted by Gasteiger charge is 2.33. The van der Waals surface area contributed by atoms with E-state index < -0.39 is 0 Å². The lowest BCUT2D eigenvalue weighted by molar-refractivity contribution is -0.131. The molecule has 2 aliphatic rings. The maximum atomic E-state index is 12.5. The number of carbonyl (C=O) groups excluding carboxylic acids is 2. The summed E-state index contributed by atoms with van der Waals surface area (Å²) in [5, 5.41) is 0. The van der Waals surface area contributed by atoms with Crippen molar-refractivity contribution in [1.29, 1.82) is 0 Å². The summed E-state index contributed by atoms with van der Waals surface area (Å²) >= 11 is 0. The number of nitrogens with zero attached hydrogens (tertiary/aromatic N) is 2. The van der Waals surface area contributed by atoms with Crippen molar-refractivity contribution in [3.63, 3.8) is 0 Å². The van der Waals surface area contributed by atoms with Crippen molar-refractivity contribution < 1.29 is 9.59 Å². The van der Waals surface area contributed by atoms with Crippen molar-refractivity contribution in [2.24, 2.45) is 5.92 Å². The Balaban J connectivity index is 1.72. The highest BCUT2D eigenvalue weighted by molar-refractivity contribution is 5.96. The van der Waals surface area contributed by atoms with Crippen LogP contribution in [0.4, 0.5) is 4.79 Å². The lowest BCUT2D eigenvalue weighted by atomic mass is 10.1. The molecule has 2 heterocycles. The van der Waals surface area contributed by atoms with Gasteiger partial charge in [-0.3, -0.25) is 14.5 Å². The number of H-pyrrole nitrogens is 1. The van der Waals surface area contributed by atoms with Crippen LogP contribution in [0.3, 0.4) is 0 Å². The second-order valence-electron chi connectivity index (χ2n) is 5.75. The van der Waals surface area contributed by atoms with Crippen molar-refractivity contribution in [2.75, 3.05) is 13.1 Å². The highest BCUT2D eigenvalue weighted by Crippen LogP contribution is 2.21. The standard InChI is InChI=1S/C16H19N3O3/c20-14-7-9-18(11-13-6-3-8-17-15(13)21)16(22)19(14)10-12-4-1-2-5-12/h1,3-4,6,8,12H,2,5,7,9-11H2,(H,17,21). The van der Waals surface area contributed by atoms with Crippen molar-refractivity contribution in [3.05, 3.63) is 46.4 Å². The summed E-state index contributed by atoms with van der Waals surface area (Å²) in [5.41, 5.74) is 0.336. The van der Waals surface area contributed by atoms with Gasteiger partial charge in [0.1, 0.15) is 0 Å². The van der Waals surface area contributed by atoms with Gasteiger partial charge in [0.2, 0.25) is 5.91 Å². The van der Waals surface area contributed by atoms with Gasteiger partial charge in [-0.05, 0) is 24.8 Å². The molecule has 3 amide bonds. The van der Waals surface area contributed by atoms with Gasteiger partial charge in [0.05, 0.1) is 6.54 Å². The molecule has 0 aromatic carbocycles.